The molecule has 0 unspecified atom stereocenters. The second-order valence-electron chi connectivity index (χ2n) is 6.46. The summed E-state index contributed by atoms with van der Waals surface area (Å²) in [6.45, 7) is 0.982. The van der Waals surface area contributed by atoms with Gasteiger partial charge in [0.25, 0.3) is 0 Å². The molecule has 4 N–H and O–H groups in total. The van der Waals surface area contributed by atoms with Gasteiger partial charge in [-0.3, -0.25) is 9.20 Å². The summed E-state index contributed by atoms with van der Waals surface area (Å²) in [6.07, 6.45) is -2.22. The number of aliphatic hydroxyl groups is 1. The topological polar surface area (TPSA) is 106 Å². The Labute approximate surface area is 169 Å². The number of benzene rings is 1. The van der Waals surface area contributed by atoms with Crippen LogP contribution < -0.4 is 11.1 Å². The Morgan fingerprint density at radius 1 is 1.37 bits per heavy atom. The minimum Gasteiger partial charge on any atom is -0.384 e. The van der Waals surface area contributed by atoms with Crippen LogP contribution in [-0.2, 0) is 0 Å². The van der Waals surface area contributed by atoms with Gasteiger partial charge in [-0.25, -0.2) is 9.97 Å². The molecule has 0 spiro atoms. The van der Waals surface area contributed by atoms with Crippen LogP contribution in [0.15, 0.2) is 30.6 Å². The summed E-state index contributed by atoms with van der Waals surface area (Å²) in [5.74, 6) is 4.72. The van der Waals surface area contributed by atoms with E-state index < -0.39 is 18.5 Å². The van der Waals surface area contributed by atoms with Crippen molar-refractivity contribution in [2.75, 3.05) is 18.5 Å². The van der Waals surface area contributed by atoms with Crippen molar-refractivity contribution in [3.63, 3.8) is 0 Å². The number of aromatic nitrogens is 3. The van der Waals surface area contributed by atoms with Gasteiger partial charge in [0.1, 0.15) is 12.3 Å². The molecule has 30 heavy (non-hydrogen) atoms. The summed E-state index contributed by atoms with van der Waals surface area (Å²) in [6, 6.07) is 5.06. The number of halogens is 3. The lowest BCUT2D eigenvalue weighted by atomic mass is 10.0. The molecule has 3 rings (SSSR count). The molecule has 0 aliphatic rings. The van der Waals surface area contributed by atoms with Gasteiger partial charge >= 0.3 is 6.18 Å². The van der Waals surface area contributed by atoms with Crippen molar-refractivity contribution in [1.82, 2.24) is 14.4 Å². The standard InChI is InChI=1S/C20H18F3N5O2/c1-12-9-13(4-5-15(12)17(24)30)16-10-26-19-18(25-7-6-20(21,22)23)27-14(3-2-8-29)11-28(16)19/h4-5,9-11,29H,6-8H2,1H3,(H2,24,30)(H,25,27). The Morgan fingerprint density at radius 2 is 2.13 bits per heavy atom. The Kier molecular flexibility index (Phi) is 5.94. The van der Waals surface area contributed by atoms with E-state index in [4.69, 9.17) is 10.8 Å². The summed E-state index contributed by atoms with van der Waals surface area (Å²) in [5, 5.41) is 11.6. The van der Waals surface area contributed by atoms with Crippen LogP contribution in [-0.4, -0.2) is 44.7 Å². The van der Waals surface area contributed by atoms with Crippen LogP contribution in [0.4, 0.5) is 19.0 Å². The molecule has 0 bridgehead atoms. The third-order valence-corrected chi connectivity index (χ3v) is 4.28. The van der Waals surface area contributed by atoms with Crippen molar-refractivity contribution in [3.8, 4) is 23.1 Å². The maximum atomic E-state index is 12.5. The molecule has 1 amide bonds. The van der Waals surface area contributed by atoms with E-state index in [1.165, 1.54) is 0 Å². The van der Waals surface area contributed by atoms with Crippen LogP contribution in [0.25, 0.3) is 16.9 Å². The maximum absolute atomic E-state index is 12.5. The fraction of sp³-hybridized carbons (Fsp3) is 0.250. The van der Waals surface area contributed by atoms with Gasteiger partial charge in [0.05, 0.1) is 18.3 Å². The lowest BCUT2D eigenvalue weighted by Gasteiger charge is -2.11. The minimum atomic E-state index is -4.31. The molecule has 2 aromatic heterocycles. The highest BCUT2D eigenvalue weighted by Crippen LogP contribution is 2.27. The summed E-state index contributed by atoms with van der Waals surface area (Å²) in [7, 11) is 0. The van der Waals surface area contributed by atoms with Crippen LogP contribution in [0.3, 0.4) is 0 Å². The SMILES string of the molecule is Cc1cc(-c2cnc3c(NCCC(F)(F)F)nc(C#CCO)cn23)ccc1C(N)=O. The third kappa shape index (κ3) is 4.69. The fourth-order valence-corrected chi connectivity index (χ4v) is 2.93. The number of carbonyl (C=O) groups excluding carboxylic acids is 1. The highest BCUT2D eigenvalue weighted by molar-refractivity contribution is 5.94. The van der Waals surface area contributed by atoms with Crippen molar-refractivity contribution in [3.05, 3.63) is 47.4 Å². The smallest absolute Gasteiger partial charge is 0.384 e. The molecule has 3 aromatic rings. The largest absolute Gasteiger partial charge is 0.390 e. The molecule has 156 valence electrons. The second kappa shape index (κ2) is 8.42. The number of imidazole rings is 1. The predicted molar refractivity (Wildman–Crippen MR) is 105 cm³/mol. The third-order valence-electron chi connectivity index (χ3n) is 4.28. The van der Waals surface area contributed by atoms with E-state index in [9.17, 15) is 18.0 Å². The van der Waals surface area contributed by atoms with E-state index in [1.54, 1.807) is 41.9 Å². The summed E-state index contributed by atoms with van der Waals surface area (Å²) in [4.78, 5) is 20.0. The van der Waals surface area contributed by atoms with E-state index in [1.807, 2.05) is 0 Å². The van der Waals surface area contributed by atoms with Gasteiger partial charge in [0.15, 0.2) is 11.5 Å². The molecule has 7 nitrogen and oxygen atoms in total. The number of primary amides is 1. The van der Waals surface area contributed by atoms with Gasteiger partial charge in [-0.05, 0) is 30.5 Å². The van der Waals surface area contributed by atoms with E-state index in [-0.39, 0.29) is 24.7 Å². The van der Waals surface area contributed by atoms with Gasteiger partial charge < -0.3 is 16.2 Å². The molecule has 2 heterocycles. The number of hydrogen-bond acceptors (Lipinski definition) is 5. The normalized spacial score (nSPS) is 11.2. The molecular formula is C20H18F3N5O2. The van der Waals surface area contributed by atoms with Crippen LogP contribution in [0.5, 0.6) is 0 Å². The van der Waals surface area contributed by atoms with Gasteiger partial charge in [-0.15, -0.1) is 0 Å². The first kappa shape index (κ1) is 21.1. The van der Waals surface area contributed by atoms with Gasteiger partial charge in [-0.1, -0.05) is 12.0 Å². The van der Waals surface area contributed by atoms with Crippen molar-refractivity contribution in [2.24, 2.45) is 5.73 Å². The van der Waals surface area contributed by atoms with E-state index in [0.717, 1.165) is 5.56 Å². The van der Waals surface area contributed by atoms with Crippen molar-refractivity contribution >= 4 is 17.4 Å². The fourth-order valence-electron chi connectivity index (χ4n) is 2.93. The van der Waals surface area contributed by atoms with Gasteiger partial charge in [0.2, 0.25) is 5.91 Å². The van der Waals surface area contributed by atoms with Crippen molar-refractivity contribution in [2.45, 2.75) is 19.5 Å². The van der Waals surface area contributed by atoms with Crippen molar-refractivity contribution < 1.29 is 23.1 Å². The van der Waals surface area contributed by atoms with Crippen molar-refractivity contribution in [1.29, 1.82) is 0 Å². The molecule has 1 aromatic carbocycles. The average Bonchev–Trinajstić information content (AvgIpc) is 3.09. The first-order chi connectivity index (χ1) is 14.2. The number of aryl methyl sites for hydroxylation is 1. The number of hydrogen-bond donors (Lipinski definition) is 3. The lowest BCUT2D eigenvalue weighted by Crippen LogP contribution is -2.16. The maximum Gasteiger partial charge on any atom is 0.390 e. The van der Waals surface area contributed by atoms with Crippen LogP contribution in [0.2, 0.25) is 0 Å². The number of nitrogens with two attached hydrogens (primary N) is 1. The molecule has 0 fully saturated rings. The Balaban J connectivity index is 2.08. The van der Waals surface area contributed by atoms with E-state index in [2.05, 4.69) is 27.1 Å². The van der Waals surface area contributed by atoms with Gasteiger partial charge in [-0.2, -0.15) is 13.2 Å². The number of amides is 1. The molecule has 0 saturated heterocycles. The highest BCUT2D eigenvalue weighted by atomic mass is 19.4. The summed E-state index contributed by atoms with van der Waals surface area (Å²) in [5.41, 5.74) is 8.32. The Morgan fingerprint density at radius 3 is 2.77 bits per heavy atom. The number of nitrogens with one attached hydrogen (secondary N) is 1. The first-order valence-electron chi connectivity index (χ1n) is 8.89. The van der Waals surface area contributed by atoms with Crippen LogP contribution >= 0.6 is 0 Å². The van der Waals surface area contributed by atoms with Crippen LogP contribution in [0.1, 0.15) is 28.0 Å². The Hall–Kier alpha value is -3.58. The van der Waals surface area contributed by atoms with Gasteiger partial charge in [0, 0.05) is 23.9 Å². The number of rotatable bonds is 5. The molecular weight excluding hydrogens is 399 g/mol. The number of carbonyl (C=O) groups is 1. The lowest BCUT2D eigenvalue weighted by molar-refractivity contribution is -0.131. The zero-order chi connectivity index (χ0) is 21.9. The highest BCUT2D eigenvalue weighted by Gasteiger charge is 2.26. The molecule has 0 saturated carbocycles. The number of fused-ring (bicyclic) bond motifs is 1. The number of nitrogens with zero attached hydrogens (tertiary/aromatic N) is 3. The quantitative estimate of drug-likeness (QED) is 0.554. The average molecular weight is 417 g/mol. The monoisotopic (exact) mass is 417 g/mol. The number of aliphatic hydroxyl groups excluding tert-OH is 1. The zero-order valence-corrected chi connectivity index (χ0v) is 15.9. The molecule has 0 atom stereocenters. The molecule has 0 aliphatic heterocycles. The molecule has 0 radical (unpaired) electrons. The van der Waals surface area contributed by atoms with E-state index in [0.29, 0.717) is 22.5 Å². The number of anilines is 1. The predicted octanol–water partition coefficient (Wildman–Crippen LogP) is 2.51. The van der Waals surface area contributed by atoms with Crippen LogP contribution in [0, 0.1) is 18.8 Å². The summed E-state index contributed by atoms with van der Waals surface area (Å²) < 4.78 is 39.2. The first-order valence-corrected chi connectivity index (χ1v) is 8.89. The second-order valence-corrected chi connectivity index (χ2v) is 6.46. The molecule has 0 aliphatic carbocycles. The minimum absolute atomic E-state index is 0.140. The molecule has 10 heteroatoms. The zero-order valence-electron chi connectivity index (χ0n) is 15.9. The summed E-state index contributed by atoms with van der Waals surface area (Å²) >= 11 is 0. The Bertz CT molecular complexity index is 1160. The number of alkyl halides is 3. The van der Waals surface area contributed by atoms with E-state index >= 15 is 0 Å².